The first-order valence-corrected chi connectivity index (χ1v) is 8.25. The molecule has 0 bridgehead atoms. The lowest BCUT2D eigenvalue weighted by Gasteiger charge is -2.31. The van der Waals surface area contributed by atoms with E-state index in [0.29, 0.717) is 11.3 Å². The van der Waals surface area contributed by atoms with E-state index in [1.165, 1.54) is 25.3 Å². The molecule has 0 spiro atoms. The van der Waals surface area contributed by atoms with E-state index in [2.05, 4.69) is 10.3 Å². The van der Waals surface area contributed by atoms with Crippen molar-refractivity contribution in [3.05, 3.63) is 51.2 Å². The van der Waals surface area contributed by atoms with Crippen molar-refractivity contribution < 1.29 is 29.2 Å². The number of carboxylic acids is 1. The van der Waals surface area contributed by atoms with E-state index < -0.39 is 41.1 Å². The number of methoxy groups -OCH3 is 1. The van der Waals surface area contributed by atoms with Crippen molar-refractivity contribution in [3.8, 4) is 0 Å². The number of carbonyl (C=O) groups excluding carboxylic acids is 2. The number of allylic oxidation sites excluding steroid dienone is 1. The summed E-state index contributed by atoms with van der Waals surface area (Å²) in [4.78, 5) is 50.8. The van der Waals surface area contributed by atoms with Gasteiger partial charge in [-0.3, -0.25) is 29.5 Å². The highest BCUT2D eigenvalue weighted by Gasteiger charge is 2.42. The van der Waals surface area contributed by atoms with Crippen LogP contribution in [0.3, 0.4) is 0 Å². The predicted molar refractivity (Wildman–Crippen MR) is 97.8 cm³/mol. The van der Waals surface area contributed by atoms with Crippen molar-refractivity contribution in [1.29, 1.82) is 0 Å². The van der Waals surface area contributed by atoms with Crippen LogP contribution in [0.4, 0.5) is 5.69 Å². The van der Waals surface area contributed by atoms with Crippen LogP contribution in [0.15, 0.2) is 40.5 Å². The van der Waals surface area contributed by atoms with Crippen LogP contribution in [0.25, 0.3) is 0 Å². The standard InChI is InChI=1S/C18H19N3O7/c1-9-14(17(24)19-8-13(22)23)16(15(10(2)20-9)18(25)28-3)11-5-4-6-12(7-11)21(26)27/h4-7,15-16H,8H2,1-3H3,(H,19,24)(H,22,23). The zero-order chi connectivity index (χ0) is 21.0. The monoisotopic (exact) mass is 389 g/mol. The quantitative estimate of drug-likeness (QED) is 0.424. The average Bonchev–Trinajstić information content (AvgIpc) is 2.65. The third kappa shape index (κ3) is 4.22. The molecule has 2 rings (SSSR count). The summed E-state index contributed by atoms with van der Waals surface area (Å²) >= 11 is 0. The third-order valence-electron chi connectivity index (χ3n) is 4.37. The lowest BCUT2D eigenvalue weighted by atomic mass is 9.75. The number of amides is 1. The Morgan fingerprint density at radius 3 is 2.57 bits per heavy atom. The largest absolute Gasteiger partial charge is 0.480 e. The van der Waals surface area contributed by atoms with Gasteiger partial charge in [0.1, 0.15) is 12.5 Å². The number of non-ortho nitro benzene ring substituents is 1. The van der Waals surface area contributed by atoms with Crippen molar-refractivity contribution in [2.75, 3.05) is 13.7 Å². The number of aliphatic imine (C=N–C) groups is 1. The minimum atomic E-state index is -1.24. The van der Waals surface area contributed by atoms with E-state index in [4.69, 9.17) is 9.84 Å². The number of rotatable bonds is 6. The van der Waals surface area contributed by atoms with Crippen LogP contribution in [0.2, 0.25) is 0 Å². The Labute approximate surface area is 160 Å². The molecular weight excluding hydrogens is 370 g/mol. The molecule has 148 valence electrons. The molecule has 2 unspecified atom stereocenters. The fourth-order valence-electron chi connectivity index (χ4n) is 3.21. The van der Waals surface area contributed by atoms with E-state index in [1.54, 1.807) is 19.9 Å². The van der Waals surface area contributed by atoms with E-state index in [1.807, 2.05) is 0 Å². The van der Waals surface area contributed by atoms with Gasteiger partial charge in [0, 0.05) is 35.0 Å². The summed E-state index contributed by atoms with van der Waals surface area (Å²) in [5.41, 5.74) is 0.873. The highest BCUT2D eigenvalue weighted by Crippen LogP contribution is 2.40. The molecule has 0 aromatic heterocycles. The SMILES string of the molecule is COC(=O)C1C(C)=NC(C)=C(C(=O)NCC(=O)O)C1c1cccc([N+](=O)[O-])c1. The lowest BCUT2D eigenvalue weighted by Crippen LogP contribution is -2.40. The molecule has 1 amide bonds. The van der Waals surface area contributed by atoms with Gasteiger partial charge < -0.3 is 15.2 Å². The van der Waals surface area contributed by atoms with Crippen molar-refractivity contribution in [1.82, 2.24) is 5.32 Å². The lowest BCUT2D eigenvalue weighted by molar-refractivity contribution is -0.384. The van der Waals surface area contributed by atoms with Gasteiger partial charge in [-0.15, -0.1) is 0 Å². The highest BCUT2D eigenvalue weighted by atomic mass is 16.6. The second-order valence-corrected chi connectivity index (χ2v) is 6.16. The summed E-state index contributed by atoms with van der Waals surface area (Å²) in [6.45, 7) is 2.53. The number of hydrogen-bond acceptors (Lipinski definition) is 7. The van der Waals surface area contributed by atoms with Gasteiger partial charge >= 0.3 is 11.9 Å². The Morgan fingerprint density at radius 2 is 2.00 bits per heavy atom. The number of hydrogen-bond donors (Lipinski definition) is 2. The highest BCUT2D eigenvalue weighted by molar-refractivity contribution is 6.08. The number of esters is 1. The number of nitro benzene ring substituents is 1. The van der Waals surface area contributed by atoms with Crippen LogP contribution >= 0.6 is 0 Å². The van der Waals surface area contributed by atoms with Crippen molar-refractivity contribution in [2.24, 2.45) is 10.9 Å². The zero-order valence-corrected chi connectivity index (χ0v) is 15.5. The number of nitrogens with one attached hydrogen (secondary N) is 1. The van der Waals surface area contributed by atoms with Gasteiger partial charge in [-0.1, -0.05) is 12.1 Å². The summed E-state index contributed by atoms with van der Waals surface area (Å²) in [7, 11) is 1.19. The third-order valence-corrected chi connectivity index (χ3v) is 4.37. The van der Waals surface area contributed by atoms with Gasteiger partial charge in [-0.2, -0.15) is 0 Å². The van der Waals surface area contributed by atoms with Crippen molar-refractivity contribution in [2.45, 2.75) is 19.8 Å². The molecule has 0 radical (unpaired) electrons. The average molecular weight is 389 g/mol. The van der Waals surface area contributed by atoms with Gasteiger partial charge in [-0.25, -0.2) is 0 Å². The first kappa shape index (κ1) is 20.7. The Bertz CT molecular complexity index is 904. The number of nitro groups is 1. The Morgan fingerprint density at radius 1 is 1.32 bits per heavy atom. The first-order chi connectivity index (χ1) is 13.2. The second kappa shape index (κ2) is 8.42. The molecule has 10 nitrogen and oxygen atoms in total. The molecule has 0 aliphatic carbocycles. The van der Waals surface area contributed by atoms with Crippen LogP contribution in [-0.4, -0.2) is 47.2 Å². The predicted octanol–water partition coefficient (Wildman–Crippen LogP) is 1.42. The molecule has 1 aromatic carbocycles. The van der Waals surface area contributed by atoms with E-state index in [-0.39, 0.29) is 17.0 Å². The molecule has 10 heteroatoms. The maximum atomic E-state index is 12.7. The fraction of sp³-hybridized carbons (Fsp3) is 0.333. The number of benzene rings is 1. The van der Waals surface area contributed by atoms with E-state index in [0.717, 1.165) is 0 Å². The second-order valence-electron chi connectivity index (χ2n) is 6.16. The first-order valence-electron chi connectivity index (χ1n) is 8.25. The molecule has 1 aliphatic heterocycles. The molecule has 28 heavy (non-hydrogen) atoms. The van der Waals surface area contributed by atoms with Crippen molar-refractivity contribution >= 4 is 29.2 Å². The molecule has 0 fully saturated rings. The topological polar surface area (TPSA) is 148 Å². The fourth-order valence-corrected chi connectivity index (χ4v) is 3.21. The summed E-state index contributed by atoms with van der Waals surface area (Å²) in [6.07, 6.45) is 0. The molecule has 2 atom stereocenters. The van der Waals surface area contributed by atoms with E-state index >= 15 is 0 Å². The van der Waals surface area contributed by atoms with E-state index in [9.17, 15) is 24.5 Å². The Hall–Kier alpha value is -3.56. The Balaban J connectivity index is 2.63. The number of nitrogens with zero attached hydrogens (tertiary/aromatic N) is 2. The number of ether oxygens (including phenoxy) is 1. The number of carboxylic acid groups (broad SMARTS) is 1. The molecule has 1 aromatic rings. The minimum Gasteiger partial charge on any atom is -0.480 e. The molecular formula is C18H19N3O7. The number of carbonyl (C=O) groups is 3. The normalized spacial score (nSPS) is 18.9. The van der Waals surface area contributed by atoms with Crippen LogP contribution in [0.5, 0.6) is 0 Å². The Kier molecular flexibility index (Phi) is 6.24. The molecule has 0 saturated heterocycles. The maximum absolute atomic E-state index is 12.7. The van der Waals surface area contributed by atoms with Gasteiger partial charge in [0.05, 0.1) is 12.0 Å². The number of aliphatic carboxylic acids is 1. The van der Waals surface area contributed by atoms with Crippen LogP contribution in [0.1, 0.15) is 25.3 Å². The molecule has 2 N–H and O–H groups in total. The van der Waals surface area contributed by atoms with Crippen LogP contribution in [0, 0.1) is 16.0 Å². The summed E-state index contributed by atoms with van der Waals surface area (Å²) < 4.78 is 4.85. The summed E-state index contributed by atoms with van der Waals surface area (Å²) in [5, 5.41) is 22.2. The molecule has 1 heterocycles. The van der Waals surface area contributed by atoms with Crippen LogP contribution in [-0.2, 0) is 19.1 Å². The van der Waals surface area contributed by atoms with Gasteiger partial charge in [0.2, 0.25) is 5.91 Å². The minimum absolute atomic E-state index is 0.0581. The van der Waals surface area contributed by atoms with Gasteiger partial charge in [0.15, 0.2) is 0 Å². The molecule has 1 aliphatic rings. The van der Waals surface area contributed by atoms with Crippen LogP contribution < -0.4 is 5.32 Å². The molecule has 0 saturated carbocycles. The van der Waals surface area contributed by atoms with Gasteiger partial charge in [-0.05, 0) is 19.4 Å². The zero-order valence-electron chi connectivity index (χ0n) is 15.5. The van der Waals surface area contributed by atoms with Gasteiger partial charge in [0.25, 0.3) is 5.69 Å². The summed E-state index contributed by atoms with van der Waals surface area (Å²) in [6, 6.07) is 5.58. The van der Waals surface area contributed by atoms with Crippen molar-refractivity contribution in [3.63, 3.8) is 0 Å². The smallest absolute Gasteiger partial charge is 0.322 e. The summed E-state index contributed by atoms with van der Waals surface area (Å²) in [5.74, 6) is -4.52. The maximum Gasteiger partial charge on any atom is 0.322 e.